The highest BCUT2D eigenvalue weighted by Crippen LogP contribution is 2.29. The molecule has 0 bridgehead atoms. The van der Waals surface area contributed by atoms with E-state index in [-0.39, 0.29) is 0 Å². The third-order valence-corrected chi connectivity index (χ3v) is 4.65. The van der Waals surface area contributed by atoms with E-state index in [1.807, 2.05) is 23.9 Å². The SMILES string of the molecule is Clc1ccc(CSc2ccc3c(c2)CCCN3)cc1. The van der Waals surface area contributed by atoms with Crippen molar-refractivity contribution in [2.45, 2.75) is 23.5 Å². The zero-order valence-corrected chi connectivity index (χ0v) is 12.2. The van der Waals surface area contributed by atoms with Crippen molar-refractivity contribution in [1.82, 2.24) is 0 Å². The number of hydrogen-bond donors (Lipinski definition) is 1. The summed E-state index contributed by atoms with van der Waals surface area (Å²) in [7, 11) is 0. The molecule has 2 aromatic rings. The number of halogens is 1. The Morgan fingerprint density at radius 2 is 1.95 bits per heavy atom. The first-order valence-corrected chi connectivity index (χ1v) is 7.92. The highest BCUT2D eigenvalue weighted by molar-refractivity contribution is 7.98. The molecule has 3 heteroatoms. The van der Waals surface area contributed by atoms with E-state index in [0.29, 0.717) is 0 Å². The van der Waals surface area contributed by atoms with E-state index in [9.17, 15) is 0 Å². The van der Waals surface area contributed by atoms with Gasteiger partial charge in [0.05, 0.1) is 0 Å². The molecule has 1 aliphatic rings. The Kier molecular flexibility index (Phi) is 4.00. The number of benzene rings is 2. The molecule has 2 aromatic carbocycles. The highest BCUT2D eigenvalue weighted by atomic mass is 35.5. The van der Waals surface area contributed by atoms with Crippen molar-refractivity contribution in [1.29, 1.82) is 0 Å². The molecule has 1 nitrogen and oxygen atoms in total. The normalized spacial score (nSPS) is 13.7. The van der Waals surface area contributed by atoms with Crippen molar-refractivity contribution < 1.29 is 0 Å². The quantitative estimate of drug-likeness (QED) is 0.799. The highest BCUT2D eigenvalue weighted by Gasteiger charge is 2.08. The van der Waals surface area contributed by atoms with Crippen molar-refractivity contribution in [3.05, 3.63) is 58.6 Å². The van der Waals surface area contributed by atoms with Crippen LogP contribution in [0.2, 0.25) is 5.02 Å². The maximum absolute atomic E-state index is 5.89. The molecule has 0 aromatic heterocycles. The van der Waals surface area contributed by atoms with E-state index in [1.165, 1.54) is 34.6 Å². The number of rotatable bonds is 3. The van der Waals surface area contributed by atoms with Crippen LogP contribution in [0.3, 0.4) is 0 Å². The predicted molar refractivity (Wildman–Crippen MR) is 84.3 cm³/mol. The van der Waals surface area contributed by atoms with Crippen LogP contribution in [0.25, 0.3) is 0 Å². The van der Waals surface area contributed by atoms with Crippen molar-refractivity contribution in [3.8, 4) is 0 Å². The summed E-state index contributed by atoms with van der Waals surface area (Å²) in [5, 5.41) is 4.25. The first kappa shape index (κ1) is 12.9. The summed E-state index contributed by atoms with van der Waals surface area (Å²) in [6.45, 7) is 1.10. The fourth-order valence-corrected chi connectivity index (χ4v) is 3.33. The Morgan fingerprint density at radius 3 is 2.79 bits per heavy atom. The van der Waals surface area contributed by atoms with Crippen LogP contribution < -0.4 is 5.32 Å². The lowest BCUT2D eigenvalue weighted by Gasteiger charge is -2.18. The molecule has 0 radical (unpaired) electrons. The molecule has 1 heterocycles. The number of fused-ring (bicyclic) bond motifs is 1. The molecule has 1 N–H and O–H groups in total. The van der Waals surface area contributed by atoms with E-state index in [2.05, 4.69) is 35.6 Å². The van der Waals surface area contributed by atoms with Gasteiger partial charge >= 0.3 is 0 Å². The van der Waals surface area contributed by atoms with Gasteiger partial charge in [-0.05, 0) is 54.3 Å². The Morgan fingerprint density at radius 1 is 1.11 bits per heavy atom. The zero-order chi connectivity index (χ0) is 13.1. The van der Waals surface area contributed by atoms with Gasteiger partial charge in [0.25, 0.3) is 0 Å². The van der Waals surface area contributed by atoms with Gasteiger partial charge in [0.15, 0.2) is 0 Å². The molecule has 0 saturated carbocycles. The molecule has 98 valence electrons. The Hall–Kier alpha value is -1.12. The molecule has 0 unspecified atom stereocenters. The first-order valence-electron chi connectivity index (χ1n) is 6.55. The van der Waals surface area contributed by atoms with Gasteiger partial charge < -0.3 is 5.32 Å². The van der Waals surface area contributed by atoms with Crippen LogP contribution in [0, 0.1) is 0 Å². The maximum atomic E-state index is 5.89. The van der Waals surface area contributed by atoms with Crippen LogP contribution in [0.1, 0.15) is 17.5 Å². The van der Waals surface area contributed by atoms with Gasteiger partial charge in [0.2, 0.25) is 0 Å². The van der Waals surface area contributed by atoms with Crippen molar-refractivity contribution in [3.63, 3.8) is 0 Å². The monoisotopic (exact) mass is 289 g/mol. The summed E-state index contributed by atoms with van der Waals surface area (Å²) >= 11 is 7.78. The van der Waals surface area contributed by atoms with Crippen LogP contribution in [0.15, 0.2) is 47.4 Å². The fraction of sp³-hybridized carbons (Fsp3) is 0.250. The second-order valence-electron chi connectivity index (χ2n) is 4.76. The molecule has 0 atom stereocenters. The third kappa shape index (κ3) is 3.26. The van der Waals surface area contributed by atoms with Gasteiger partial charge in [-0.2, -0.15) is 0 Å². The van der Waals surface area contributed by atoms with Gasteiger partial charge in [0, 0.05) is 27.9 Å². The van der Waals surface area contributed by atoms with E-state index >= 15 is 0 Å². The van der Waals surface area contributed by atoms with Crippen LogP contribution >= 0.6 is 23.4 Å². The minimum absolute atomic E-state index is 0.800. The molecule has 0 amide bonds. The lowest BCUT2D eigenvalue weighted by molar-refractivity contribution is 0.827. The summed E-state index contributed by atoms with van der Waals surface area (Å²) in [5.41, 5.74) is 4.07. The van der Waals surface area contributed by atoms with Crippen molar-refractivity contribution >= 4 is 29.1 Å². The average Bonchev–Trinajstić information content (AvgIpc) is 2.46. The molecular formula is C16H16ClNS. The second kappa shape index (κ2) is 5.89. The van der Waals surface area contributed by atoms with Gasteiger partial charge in [-0.1, -0.05) is 23.7 Å². The van der Waals surface area contributed by atoms with Crippen molar-refractivity contribution in [2.75, 3.05) is 11.9 Å². The number of nitrogens with one attached hydrogen (secondary N) is 1. The summed E-state index contributed by atoms with van der Waals surface area (Å²) in [6, 6.07) is 14.8. The molecule has 1 aliphatic heterocycles. The average molecular weight is 290 g/mol. The van der Waals surface area contributed by atoms with Crippen LogP contribution in [-0.4, -0.2) is 6.54 Å². The summed E-state index contributed by atoms with van der Waals surface area (Å²) < 4.78 is 0. The van der Waals surface area contributed by atoms with E-state index in [0.717, 1.165) is 17.3 Å². The molecule has 19 heavy (non-hydrogen) atoms. The topological polar surface area (TPSA) is 12.0 Å². The third-order valence-electron chi connectivity index (χ3n) is 3.33. The molecule has 0 fully saturated rings. The minimum atomic E-state index is 0.800. The van der Waals surface area contributed by atoms with Crippen LogP contribution in [-0.2, 0) is 12.2 Å². The number of anilines is 1. The Labute approximate surface area is 123 Å². The standard InChI is InChI=1S/C16H16ClNS/c17-14-5-3-12(4-6-14)11-19-15-7-8-16-13(10-15)2-1-9-18-16/h3-8,10,18H,1-2,9,11H2. The van der Waals surface area contributed by atoms with Gasteiger partial charge in [-0.3, -0.25) is 0 Å². The fourth-order valence-electron chi connectivity index (χ4n) is 2.29. The van der Waals surface area contributed by atoms with E-state index in [4.69, 9.17) is 11.6 Å². The maximum Gasteiger partial charge on any atom is 0.0406 e. The minimum Gasteiger partial charge on any atom is -0.385 e. The zero-order valence-electron chi connectivity index (χ0n) is 10.7. The largest absolute Gasteiger partial charge is 0.385 e. The number of thioether (sulfide) groups is 1. The second-order valence-corrected chi connectivity index (χ2v) is 6.25. The number of aryl methyl sites for hydroxylation is 1. The molecular weight excluding hydrogens is 274 g/mol. The van der Waals surface area contributed by atoms with Crippen LogP contribution in [0.5, 0.6) is 0 Å². The van der Waals surface area contributed by atoms with E-state index in [1.54, 1.807) is 0 Å². The van der Waals surface area contributed by atoms with Gasteiger partial charge in [-0.25, -0.2) is 0 Å². The Bertz CT molecular complexity index is 565. The molecule has 0 saturated heterocycles. The van der Waals surface area contributed by atoms with Crippen molar-refractivity contribution in [2.24, 2.45) is 0 Å². The lowest BCUT2D eigenvalue weighted by Crippen LogP contribution is -2.11. The predicted octanol–water partition coefficient (Wildman–Crippen LogP) is 4.99. The van der Waals surface area contributed by atoms with Crippen LogP contribution in [0.4, 0.5) is 5.69 Å². The summed E-state index contributed by atoms with van der Waals surface area (Å²) in [6.07, 6.45) is 2.43. The smallest absolute Gasteiger partial charge is 0.0406 e. The molecule has 3 rings (SSSR count). The van der Waals surface area contributed by atoms with Gasteiger partial charge in [-0.15, -0.1) is 11.8 Å². The molecule has 0 spiro atoms. The van der Waals surface area contributed by atoms with Gasteiger partial charge in [0.1, 0.15) is 0 Å². The Balaban J connectivity index is 1.68. The first-order chi connectivity index (χ1) is 9.31. The molecule has 0 aliphatic carbocycles. The summed E-state index contributed by atoms with van der Waals surface area (Å²) in [4.78, 5) is 1.34. The summed E-state index contributed by atoms with van der Waals surface area (Å²) in [5.74, 6) is 0.989. The lowest BCUT2D eigenvalue weighted by atomic mass is 10.0. The van der Waals surface area contributed by atoms with E-state index < -0.39 is 0 Å². The number of hydrogen-bond acceptors (Lipinski definition) is 2.